The zero-order chi connectivity index (χ0) is 21.0. The van der Waals surface area contributed by atoms with E-state index in [0.717, 1.165) is 17.0 Å². The summed E-state index contributed by atoms with van der Waals surface area (Å²) in [5, 5.41) is 8.05. The third-order valence-electron chi connectivity index (χ3n) is 5.35. The van der Waals surface area contributed by atoms with Gasteiger partial charge >= 0.3 is 0 Å². The van der Waals surface area contributed by atoms with Gasteiger partial charge in [0.05, 0.1) is 17.6 Å². The van der Waals surface area contributed by atoms with Crippen molar-refractivity contribution in [3.63, 3.8) is 0 Å². The molecule has 1 aromatic carbocycles. The molecule has 1 fully saturated rings. The predicted molar refractivity (Wildman–Crippen MR) is 109 cm³/mol. The summed E-state index contributed by atoms with van der Waals surface area (Å²) in [4.78, 5) is 16.1. The van der Waals surface area contributed by atoms with Crippen LogP contribution in [0.1, 0.15) is 13.8 Å². The van der Waals surface area contributed by atoms with Gasteiger partial charge in [-0.1, -0.05) is 13.8 Å². The molecule has 2 aromatic rings. The second-order valence-corrected chi connectivity index (χ2v) is 8.45. The van der Waals surface area contributed by atoms with Crippen molar-refractivity contribution in [1.29, 1.82) is 0 Å². The molecule has 3 unspecified atom stereocenters. The number of carbonyl (C=O) groups excluding carboxylic acids is 1. The standard InChI is InChI=1S/C20H27N3O5S/c1-14(2)18(19(24)21-25)20(29(26)27)23-11-9-22(10-12-23)16-7-5-15(6-8-16)17-4-3-13-28-17/h3-8,13-14,18,20,25H,9-12H2,1-2H3,(H,21,24)(H,26,27)/p-1. The van der Waals surface area contributed by atoms with Crippen LogP contribution in [-0.2, 0) is 15.9 Å². The predicted octanol–water partition coefficient (Wildman–Crippen LogP) is 2.05. The molecule has 0 radical (unpaired) electrons. The average molecular weight is 421 g/mol. The first-order valence-electron chi connectivity index (χ1n) is 9.57. The molecule has 2 heterocycles. The SMILES string of the molecule is CC(C)C(C(=O)NO)C(N1CCN(c2ccc(-c3ccco3)cc2)CC1)S(=O)[O-]. The number of carbonyl (C=O) groups is 1. The maximum Gasteiger partial charge on any atom is 0.249 e. The fraction of sp³-hybridized carbons (Fsp3) is 0.450. The summed E-state index contributed by atoms with van der Waals surface area (Å²) in [5.41, 5.74) is 3.66. The third-order valence-corrected chi connectivity index (χ3v) is 6.33. The molecule has 158 valence electrons. The van der Waals surface area contributed by atoms with E-state index in [4.69, 9.17) is 9.62 Å². The fourth-order valence-corrected chi connectivity index (χ4v) is 4.95. The molecular formula is C20H26N3O5S-. The number of furan rings is 1. The summed E-state index contributed by atoms with van der Waals surface area (Å²) in [6, 6.07) is 11.8. The second kappa shape index (κ2) is 9.53. The van der Waals surface area contributed by atoms with Crippen molar-refractivity contribution >= 4 is 22.7 Å². The van der Waals surface area contributed by atoms with Crippen molar-refractivity contribution in [1.82, 2.24) is 10.4 Å². The van der Waals surface area contributed by atoms with Crippen LogP contribution in [0.25, 0.3) is 11.3 Å². The molecule has 3 atom stereocenters. The van der Waals surface area contributed by atoms with E-state index in [-0.39, 0.29) is 5.92 Å². The molecule has 8 nitrogen and oxygen atoms in total. The quantitative estimate of drug-likeness (QED) is 0.401. The summed E-state index contributed by atoms with van der Waals surface area (Å²) < 4.78 is 29.3. The number of benzene rings is 1. The van der Waals surface area contributed by atoms with Crippen molar-refractivity contribution in [2.75, 3.05) is 31.1 Å². The van der Waals surface area contributed by atoms with E-state index in [1.165, 1.54) is 0 Å². The van der Waals surface area contributed by atoms with Crippen LogP contribution in [0.3, 0.4) is 0 Å². The number of anilines is 1. The number of amides is 1. The smallest absolute Gasteiger partial charge is 0.249 e. The first-order valence-corrected chi connectivity index (χ1v) is 10.7. The second-order valence-electron chi connectivity index (χ2n) is 7.44. The summed E-state index contributed by atoms with van der Waals surface area (Å²) in [7, 11) is 0. The number of hydroxylamine groups is 1. The van der Waals surface area contributed by atoms with Crippen LogP contribution in [0.5, 0.6) is 0 Å². The van der Waals surface area contributed by atoms with Gasteiger partial charge in [-0.25, -0.2) is 5.48 Å². The van der Waals surface area contributed by atoms with Gasteiger partial charge in [0.15, 0.2) is 0 Å². The van der Waals surface area contributed by atoms with Gasteiger partial charge in [-0.15, -0.1) is 0 Å². The lowest BCUT2D eigenvalue weighted by atomic mass is 9.93. The van der Waals surface area contributed by atoms with Crippen LogP contribution in [-0.4, -0.2) is 56.3 Å². The molecule has 0 aliphatic carbocycles. The Morgan fingerprint density at radius 2 is 1.83 bits per heavy atom. The summed E-state index contributed by atoms with van der Waals surface area (Å²) >= 11 is -2.47. The third kappa shape index (κ3) is 4.87. The molecule has 1 aromatic heterocycles. The Morgan fingerprint density at radius 3 is 2.31 bits per heavy atom. The van der Waals surface area contributed by atoms with Gasteiger partial charge in [0.1, 0.15) is 5.76 Å². The Bertz CT molecular complexity index is 817. The van der Waals surface area contributed by atoms with E-state index in [0.29, 0.717) is 26.2 Å². The average Bonchev–Trinajstić information content (AvgIpc) is 3.26. The van der Waals surface area contributed by atoms with Crippen LogP contribution in [0.15, 0.2) is 47.1 Å². The van der Waals surface area contributed by atoms with Crippen molar-refractivity contribution < 1.29 is 23.2 Å². The number of nitrogens with one attached hydrogen (secondary N) is 1. The van der Waals surface area contributed by atoms with E-state index in [2.05, 4.69) is 4.90 Å². The lowest BCUT2D eigenvalue weighted by molar-refractivity contribution is -0.136. The first-order chi connectivity index (χ1) is 13.9. The molecule has 9 heteroatoms. The van der Waals surface area contributed by atoms with Gasteiger partial charge in [0.25, 0.3) is 0 Å². The van der Waals surface area contributed by atoms with Crippen LogP contribution < -0.4 is 10.4 Å². The molecule has 3 rings (SSSR count). The Hall–Kier alpha value is -2.20. The Kier molecular flexibility index (Phi) is 7.07. The minimum atomic E-state index is -2.47. The molecule has 2 N–H and O–H groups in total. The Morgan fingerprint density at radius 1 is 1.17 bits per heavy atom. The molecule has 29 heavy (non-hydrogen) atoms. The van der Waals surface area contributed by atoms with Crippen molar-refractivity contribution in [2.45, 2.75) is 19.2 Å². The maximum atomic E-state index is 12.1. The highest BCUT2D eigenvalue weighted by Gasteiger charge is 2.37. The van der Waals surface area contributed by atoms with E-state index < -0.39 is 28.3 Å². The molecule has 0 spiro atoms. The normalized spacial score (nSPS) is 18.4. The van der Waals surface area contributed by atoms with Crippen molar-refractivity contribution in [3.05, 3.63) is 42.7 Å². The van der Waals surface area contributed by atoms with Gasteiger partial charge in [-0.3, -0.25) is 19.1 Å². The van der Waals surface area contributed by atoms with Gasteiger partial charge in [0.2, 0.25) is 5.91 Å². The highest BCUT2D eigenvalue weighted by molar-refractivity contribution is 7.79. The molecule has 1 aliphatic heterocycles. The van der Waals surface area contributed by atoms with Crippen LogP contribution >= 0.6 is 0 Å². The Balaban J connectivity index is 1.68. The monoisotopic (exact) mass is 420 g/mol. The Labute approximate surface area is 172 Å². The van der Waals surface area contributed by atoms with Crippen LogP contribution in [0, 0.1) is 11.8 Å². The first kappa shape index (κ1) is 21.5. The molecule has 1 aliphatic rings. The van der Waals surface area contributed by atoms with E-state index >= 15 is 0 Å². The number of nitrogens with zero attached hydrogens (tertiary/aromatic N) is 2. The van der Waals surface area contributed by atoms with E-state index in [1.807, 2.05) is 36.4 Å². The van der Waals surface area contributed by atoms with Gasteiger partial charge in [-0.05, 0) is 53.4 Å². The number of rotatable bonds is 7. The number of hydrogen-bond donors (Lipinski definition) is 2. The van der Waals surface area contributed by atoms with Gasteiger partial charge in [-0.2, -0.15) is 0 Å². The number of hydrogen-bond acceptors (Lipinski definition) is 7. The molecular weight excluding hydrogens is 394 g/mol. The molecule has 1 amide bonds. The zero-order valence-corrected chi connectivity index (χ0v) is 17.3. The summed E-state index contributed by atoms with van der Waals surface area (Å²) in [6.45, 7) is 5.83. The van der Waals surface area contributed by atoms with Gasteiger partial charge in [0, 0.05) is 37.4 Å². The highest BCUT2D eigenvalue weighted by Crippen LogP contribution is 2.27. The highest BCUT2D eigenvalue weighted by atomic mass is 32.2. The minimum absolute atomic E-state index is 0.239. The topological polar surface area (TPSA) is 109 Å². The van der Waals surface area contributed by atoms with Crippen molar-refractivity contribution in [3.8, 4) is 11.3 Å². The molecule has 1 saturated heterocycles. The molecule has 0 saturated carbocycles. The van der Waals surface area contributed by atoms with Gasteiger partial charge < -0.3 is 13.9 Å². The van der Waals surface area contributed by atoms with E-state index in [9.17, 15) is 13.6 Å². The largest absolute Gasteiger partial charge is 0.771 e. The lowest BCUT2D eigenvalue weighted by Gasteiger charge is -2.43. The maximum absolute atomic E-state index is 12.1. The van der Waals surface area contributed by atoms with E-state index in [1.54, 1.807) is 30.5 Å². The fourth-order valence-electron chi connectivity index (χ4n) is 3.82. The molecule has 0 bridgehead atoms. The summed E-state index contributed by atoms with van der Waals surface area (Å²) in [6.07, 6.45) is 1.64. The lowest BCUT2D eigenvalue weighted by Crippen LogP contribution is -2.57. The van der Waals surface area contributed by atoms with Crippen LogP contribution in [0.2, 0.25) is 0 Å². The van der Waals surface area contributed by atoms with Crippen molar-refractivity contribution in [2.24, 2.45) is 11.8 Å². The zero-order valence-electron chi connectivity index (χ0n) is 16.5. The minimum Gasteiger partial charge on any atom is -0.771 e. The summed E-state index contributed by atoms with van der Waals surface area (Å²) in [5.74, 6) is -0.955. The van der Waals surface area contributed by atoms with Crippen LogP contribution in [0.4, 0.5) is 5.69 Å². The number of piperazine rings is 1.